The molecule has 8 heteroatoms. The largest absolute Gasteiger partial charge is 0.345 e. The molecule has 1 amide bonds. The Morgan fingerprint density at radius 2 is 2.12 bits per heavy atom. The number of rotatable bonds is 5. The number of nitriles is 1. The Bertz CT molecular complexity index is 855. The van der Waals surface area contributed by atoms with Gasteiger partial charge < -0.3 is 10.6 Å². The van der Waals surface area contributed by atoms with E-state index in [1.54, 1.807) is 30.5 Å². The third-order valence-corrected chi connectivity index (χ3v) is 2.99. The number of pyridine rings is 1. The van der Waals surface area contributed by atoms with Crippen molar-refractivity contribution in [2.45, 2.75) is 6.92 Å². The summed E-state index contributed by atoms with van der Waals surface area (Å²) < 4.78 is 0. The molecule has 0 aliphatic heterocycles. The lowest BCUT2D eigenvalue weighted by molar-refractivity contribution is -0.383. The van der Waals surface area contributed by atoms with E-state index in [1.807, 2.05) is 6.92 Å². The third kappa shape index (κ3) is 4.14. The van der Waals surface area contributed by atoms with Crippen LogP contribution in [0.3, 0.4) is 0 Å². The topological polar surface area (TPSA) is 121 Å². The Morgan fingerprint density at radius 1 is 1.38 bits per heavy atom. The number of benzene rings is 1. The van der Waals surface area contributed by atoms with E-state index in [9.17, 15) is 14.9 Å². The van der Waals surface area contributed by atoms with Gasteiger partial charge in [0.1, 0.15) is 23.1 Å². The molecule has 120 valence electrons. The molecular weight excluding hydrogens is 310 g/mol. The summed E-state index contributed by atoms with van der Waals surface area (Å²) in [5.41, 5.74) is 0.485. The van der Waals surface area contributed by atoms with E-state index in [0.717, 1.165) is 5.56 Å². The molecule has 0 saturated carbocycles. The number of nitrogens with one attached hydrogen (secondary N) is 2. The van der Waals surface area contributed by atoms with Gasteiger partial charge in [-0.15, -0.1) is 0 Å². The lowest BCUT2D eigenvalue weighted by Crippen LogP contribution is -2.15. The summed E-state index contributed by atoms with van der Waals surface area (Å²) in [6, 6.07) is 11.0. The van der Waals surface area contributed by atoms with E-state index in [2.05, 4.69) is 15.6 Å². The van der Waals surface area contributed by atoms with Gasteiger partial charge in [0.15, 0.2) is 0 Å². The molecule has 8 nitrogen and oxygen atoms in total. The second-order valence-corrected chi connectivity index (χ2v) is 4.76. The maximum atomic E-state index is 12.1. The Kier molecular flexibility index (Phi) is 5.20. The summed E-state index contributed by atoms with van der Waals surface area (Å²) in [7, 11) is 0. The number of amides is 1. The predicted molar refractivity (Wildman–Crippen MR) is 88.0 cm³/mol. The molecule has 2 N–H and O–H groups in total. The Balaban J connectivity index is 2.16. The van der Waals surface area contributed by atoms with E-state index in [1.165, 1.54) is 24.4 Å². The summed E-state index contributed by atoms with van der Waals surface area (Å²) in [4.78, 5) is 26.5. The maximum Gasteiger partial charge on any atom is 0.292 e. The number of aromatic nitrogens is 1. The van der Waals surface area contributed by atoms with Gasteiger partial charge in [0.25, 0.3) is 11.6 Å². The standard InChI is InChI=1S/C16H13N5O3/c1-11-6-7-18-15(8-11)19-10-12(9-17)16(22)20-13-4-2-3-5-14(13)21(23)24/h2-8,10H,1H3,(H,18,19)(H,20,22)/b12-10-. The monoisotopic (exact) mass is 323 g/mol. The van der Waals surface area contributed by atoms with Crippen molar-refractivity contribution < 1.29 is 9.72 Å². The second-order valence-electron chi connectivity index (χ2n) is 4.76. The van der Waals surface area contributed by atoms with Gasteiger partial charge in [-0.25, -0.2) is 4.98 Å². The van der Waals surface area contributed by atoms with Gasteiger partial charge in [0.2, 0.25) is 0 Å². The van der Waals surface area contributed by atoms with Gasteiger partial charge in [-0.3, -0.25) is 14.9 Å². The van der Waals surface area contributed by atoms with Crippen molar-refractivity contribution in [1.29, 1.82) is 5.26 Å². The summed E-state index contributed by atoms with van der Waals surface area (Å²) in [5.74, 6) is -0.284. The molecule has 0 aliphatic carbocycles. The predicted octanol–water partition coefficient (Wildman–Crippen LogP) is 2.76. The van der Waals surface area contributed by atoms with Crippen LogP contribution in [0.2, 0.25) is 0 Å². The smallest absolute Gasteiger partial charge is 0.292 e. The summed E-state index contributed by atoms with van der Waals surface area (Å²) in [6.45, 7) is 1.88. The number of para-hydroxylation sites is 2. The molecule has 0 spiro atoms. The summed E-state index contributed by atoms with van der Waals surface area (Å²) in [5, 5.41) is 25.2. The van der Waals surface area contributed by atoms with Crippen molar-refractivity contribution in [2.24, 2.45) is 0 Å². The molecular formula is C16H13N5O3. The Morgan fingerprint density at radius 3 is 2.79 bits per heavy atom. The molecule has 0 bridgehead atoms. The van der Waals surface area contributed by atoms with Crippen molar-refractivity contribution in [3.63, 3.8) is 0 Å². The SMILES string of the molecule is Cc1ccnc(N/C=C(/C#N)C(=O)Nc2ccccc2[N+](=O)[O-])c1. The number of nitro groups is 1. The van der Waals surface area contributed by atoms with Crippen LogP contribution in [0.5, 0.6) is 0 Å². The van der Waals surface area contributed by atoms with Crippen LogP contribution in [0.25, 0.3) is 0 Å². The van der Waals surface area contributed by atoms with Crippen LogP contribution in [0.1, 0.15) is 5.56 Å². The molecule has 1 aromatic carbocycles. The van der Waals surface area contributed by atoms with Crippen LogP contribution in [0, 0.1) is 28.4 Å². The van der Waals surface area contributed by atoms with Crippen LogP contribution in [-0.2, 0) is 4.79 Å². The Labute approximate surface area is 137 Å². The average molecular weight is 323 g/mol. The first-order valence-electron chi connectivity index (χ1n) is 6.85. The summed E-state index contributed by atoms with van der Waals surface area (Å²) in [6.07, 6.45) is 2.79. The number of nitro benzene ring substituents is 1. The number of hydrogen-bond donors (Lipinski definition) is 2. The average Bonchev–Trinajstić information content (AvgIpc) is 2.55. The van der Waals surface area contributed by atoms with Crippen molar-refractivity contribution in [1.82, 2.24) is 4.98 Å². The molecule has 0 saturated heterocycles. The van der Waals surface area contributed by atoms with Gasteiger partial charge >= 0.3 is 0 Å². The zero-order valence-corrected chi connectivity index (χ0v) is 12.7. The minimum atomic E-state index is -0.757. The van der Waals surface area contributed by atoms with Gasteiger partial charge in [-0.1, -0.05) is 12.1 Å². The minimum Gasteiger partial charge on any atom is -0.345 e. The lowest BCUT2D eigenvalue weighted by Gasteiger charge is -2.05. The van der Waals surface area contributed by atoms with Gasteiger partial charge in [-0.05, 0) is 30.7 Å². The third-order valence-electron chi connectivity index (χ3n) is 2.99. The van der Waals surface area contributed by atoms with E-state index in [0.29, 0.717) is 5.82 Å². The van der Waals surface area contributed by atoms with Gasteiger partial charge in [0, 0.05) is 18.5 Å². The van der Waals surface area contributed by atoms with E-state index in [4.69, 9.17) is 5.26 Å². The van der Waals surface area contributed by atoms with Gasteiger partial charge in [0.05, 0.1) is 4.92 Å². The molecule has 2 aromatic rings. The minimum absolute atomic E-state index is 0.0160. The first-order chi connectivity index (χ1) is 11.5. The zero-order valence-electron chi connectivity index (χ0n) is 12.7. The quantitative estimate of drug-likeness (QED) is 0.378. The first kappa shape index (κ1) is 16.6. The molecule has 0 fully saturated rings. The Hall–Kier alpha value is -3.73. The highest BCUT2D eigenvalue weighted by atomic mass is 16.6. The number of aryl methyl sites for hydroxylation is 1. The van der Waals surface area contributed by atoms with Crippen LogP contribution in [0.4, 0.5) is 17.2 Å². The number of hydrogen-bond acceptors (Lipinski definition) is 6. The lowest BCUT2D eigenvalue weighted by atomic mass is 10.2. The number of anilines is 2. The number of carbonyl (C=O) groups is 1. The highest BCUT2D eigenvalue weighted by molar-refractivity contribution is 6.07. The highest BCUT2D eigenvalue weighted by Gasteiger charge is 2.17. The first-order valence-corrected chi connectivity index (χ1v) is 6.85. The normalized spacial score (nSPS) is 10.6. The number of nitrogens with zero attached hydrogens (tertiary/aromatic N) is 3. The van der Waals surface area contributed by atoms with Crippen LogP contribution < -0.4 is 10.6 Å². The fraction of sp³-hybridized carbons (Fsp3) is 0.0625. The van der Waals surface area contributed by atoms with Crippen LogP contribution in [0.15, 0.2) is 54.4 Å². The summed E-state index contributed by atoms with van der Waals surface area (Å²) >= 11 is 0. The molecule has 1 heterocycles. The maximum absolute atomic E-state index is 12.1. The number of carbonyl (C=O) groups excluding carboxylic acids is 1. The van der Waals surface area contributed by atoms with E-state index < -0.39 is 10.8 Å². The van der Waals surface area contributed by atoms with Crippen molar-refractivity contribution in [3.8, 4) is 6.07 Å². The van der Waals surface area contributed by atoms with Crippen LogP contribution >= 0.6 is 0 Å². The molecule has 1 aromatic heterocycles. The molecule has 0 radical (unpaired) electrons. The molecule has 0 unspecified atom stereocenters. The molecule has 0 aliphatic rings. The van der Waals surface area contributed by atoms with Crippen molar-refractivity contribution in [2.75, 3.05) is 10.6 Å². The van der Waals surface area contributed by atoms with Crippen molar-refractivity contribution in [3.05, 3.63) is 70.0 Å². The second kappa shape index (κ2) is 7.51. The zero-order chi connectivity index (χ0) is 17.5. The molecule has 24 heavy (non-hydrogen) atoms. The van der Waals surface area contributed by atoms with Crippen molar-refractivity contribution >= 4 is 23.1 Å². The molecule has 0 atom stereocenters. The highest BCUT2D eigenvalue weighted by Crippen LogP contribution is 2.23. The van der Waals surface area contributed by atoms with E-state index in [-0.39, 0.29) is 16.9 Å². The fourth-order valence-corrected chi connectivity index (χ4v) is 1.84. The molecule has 2 rings (SSSR count). The van der Waals surface area contributed by atoms with Crippen LogP contribution in [-0.4, -0.2) is 15.8 Å². The van der Waals surface area contributed by atoms with E-state index >= 15 is 0 Å². The fourth-order valence-electron chi connectivity index (χ4n) is 1.84. The van der Waals surface area contributed by atoms with Gasteiger partial charge in [-0.2, -0.15) is 5.26 Å².